The normalized spacial score (nSPS) is 14.2. The van der Waals surface area contributed by atoms with Crippen LogP contribution < -0.4 is 0 Å². The highest BCUT2D eigenvalue weighted by Gasteiger charge is 2.36. The lowest BCUT2D eigenvalue weighted by molar-refractivity contribution is 0.661. The summed E-state index contributed by atoms with van der Waals surface area (Å²) in [6.07, 6.45) is 0. The van der Waals surface area contributed by atoms with E-state index in [1.54, 1.807) is 0 Å². The third-order valence-corrected chi connectivity index (χ3v) is 9.64. The van der Waals surface area contributed by atoms with Crippen molar-refractivity contribution in [3.8, 4) is 22.3 Å². The van der Waals surface area contributed by atoms with Crippen LogP contribution in [-0.4, -0.2) is 4.57 Å². The van der Waals surface area contributed by atoms with E-state index in [1.165, 1.54) is 75.4 Å². The number of rotatable bonds is 1. The van der Waals surface area contributed by atoms with Crippen LogP contribution in [0.15, 0.2) is 97.1 Å². The molecule has 0 amide bonds. The van der Waals surface area contributed by atoms with Gasteiger partial charge in [-0.2, -0.15) is 0 Å². The van der Waals surface area contributed by atoms with Crippen molar-refractivity contribution in [1.82, 2.24) is 4.57 Å². The lowest BCUT2D eigenvalue weighted by Gasteiger charge is -2.22. The Hall–Kier alpha value is -3.88. The lowest BCUT2D eigenvalue weighted by Crippen LogP contribution is -2.15. The third kappa shape index (κ3) is 2.50. The lowest BCUT2D eigenvalue weighted by atomic mass is 9.81. The van der Waals surface area contributed by atoms with Gasteiger partial charge in [0.05, 0.1) is 0 Å². The Morgan fingerprint density at radius 2 is 1.33 bits per heavy atom. The van der Waals surface area contributed by atoms with Gasteiger partial charge in [-0.25, -0.2) is 0 Å². The molecule has 0 atom stereocenters. The van der Waals surface area contributed by atoms with Crippen LogP contribution in [0.3, 0.4) is 0 Å². The minimum Gasteiger partial charge on any atom is -0.344 e. The van der Waals surface area contributed by atoms with Gasteiger partial charge in [0.15, 0.2) is 0 Å². The van der Waals surface area contributed by atoms with Gasteiger partial charge < -0.3 is 4.57 Å². The Morgan fingerprint density at radius 3 is 2.22 bits per heavy atom. The molecule has 0 radical (unpaired) electrons. The topological polar surface area (TPSA) is 4.93 Å². The Bertz CT molecular complexity index is 2030. The fourth-order valence-corrected chi connectivity index (χ4v) is 7.77. The first-order valence-corrected chi connectivity index (χ1v) is 13.4. The first-order chi connectivity index (χ1) is 17.5. The molecule has 8 rings (SSSR count). The van der Waals surface area contributed by atoms with E-state index in [1.807, 2.05) is 11.3 Å². The molecule has 0 spiro atoms. The van der Waals surface area contributed by atoms with Crippen LogP contribution in [0, 0.1) is 0 Å². The number of nitrogens with zero attached hydrogens (tertiary/aromatic N) is 1. The van der Waals surface area contributed by atoms with Crippen molar-refractivity contribution in [3.05, 3.63) is 108 Å². The molecule has 0 saturated heterocycles. The van der Waals surface area contributed by atoms with Gasteiger partial charge in [-0.1, -0.05) is 80.6 Å². The van der Waals surface area contributed by atoms with E-state index in [-0.39, 0.29) is 5.41 Å². The number of hydrogen-bond acceptors (Lipinski definition) is 1. The summed E-state index contributed by atoms with van der Waals surface area (Å²) in [7, 11) is 2.19. The first kappa shape index (κ1) is 20.3. The quantitative estimate of drug-likeness (QED) is 0.221. The Morgan fingerprint density at radius 1 is 0.583 bits per heavy atom. The zero-order valence-electron chi connectivity index (χ0n) is 20.6. The summed E-state index contributed by atoms with van der Waals surface area (Å²) in [5, 5.41) is 5.39. The monoisotopic (exact) mass is 479 g/mol. The van der Waals surface area contributed by atoms with Gasteiger partial charge in [0.25, 0.3) is 0 Å². The molecule has 2 aromatic heterocycles. The molecule has 0 unspecified atom stereocenters. The van der Waals surface area contributed by atoms with Crippen molar-refractivity contribution in [2.75, 3.05) is 0 Å². The van der Waals surface area contributed by atoms with E-state index in [2.05, 4.69) is 123 Å². The molecule has 1 nitrogen and oxygen atoms in total. The fourth-order valence-electron chi connectivity index (χ4n) is 6.53. The molecule has 1 aliphatic carbocycles. The number of aromatic nitrogens is 1. The van der Waals surface area contributed by atoms with E-state index in [0.29, 0.717) is 0 Å². The SMILES string of the molecule is Cn1c2ccccc2c2cc3c(cc21)-c1ccc(-c2cccc4c2sc2ccccc24)cc1C3(C)C. The first-order valence-electron chi connectivity index (χ1n) is 12.6. The van der Waals surface area contributed by atoms with E-state index in [4.69, 9.17) is 0 Å². The van der Waals surface area contributed by atoms with Crippen LogP contribution in [0.2, 0.25) is 0 Å². The highest BCUT2D eigenvalue weighted by Crippen LogP contribution is 2.52. The summed E-state index contributed by atoms with van der Waals surface area (Å²) < 4.78 is 5.07. The van der Waals surface area contributed by atoms with Crippen molar-refractivity contribution in [2.24, 2.45) is 7.05 Å². The smallest absolute Gasteiger partial charge is 0.0495 e. The maximum atomic E-state index is 2.46. The minimum atomic E-state index is -0.0557. The maximum absolute atomic E-state index is 2.46. The summed E-state index contributed by atoms with van der Waals surface area (Å²) >= 11 is 1.91. The van der Waals surface area contributed by atoms with E-state index < -0.39 is 0 Å². The van der Waals surface area contributed by atoms with Crippen molar-refractivity contribution >= 4 is 53.3 Å². The molecular formula is C34H25NS. The van der Waals surface area contributed by atoms with Gasteiger partial charge in [-0.05, 0) is 63.7 Å². The maximum Gasteiger partial charge on any atom is 0.0495 e. The zero-order valence-corrected chi connectivity index (χ0v) is 21.4. The second kappa shape index (κ2) is 6.87. The van der Waals surface area contributed by atoms with E-state index >= 15 is 0 Å². The van der Waals surface area contributed by atoms with Gasteiger partial charge in [0.1, 0.15) is 0 Å². The van der Waals surface area contributed by atoms with Gasteiger partial charge in [-0.15, -0.1) is 11.3 Å². The largest absolute Gasteiger partial charge is 0.344 e. The number of fused-ring (bicyclic) bond motifs is 9. The Balaban J connectivity index is 1.37. The van der Waals surface area contributed by atoms with Crippen molar-refractivity contribution in [3.63, 3.8) is 0 Å². The minimum absolute atomic E-state index is 0.0557. The molecule has 36 heavy (non-hydrogen) atoms. The molecule has 0 N–H and O–H groups in total. The molecule has 1 aliphatic rings. The standard InChI is InChI=1S/C34H25NS/c1-34(2)28-17-20(21-11-8-12-25-24-10-5-7-14-32(24)36-33(21)25)15-16-22(28)26-19-31-27(18-29(26)34)23-9-4-6-13-30(23)35(31)3/h4-19H,1-3H3. The molecule has 0 saturated carbocycles. The average Bonchev–Trinajstić information content (AvgIpc) is 3.50. The van der Waals surface area contributed by atoms with Gasteiger partial charge in [0.2, 0.25) is 0 Å². The number of aryl methyl sites for hydroxylation is 1. The highest BCUT2D eigenvalue weighted by atomic mass is 32.1. The summed E-state index contributed by atoms with van der Waals surface area (Å²) in [6, 6.07) is 36.3. The Labute approximate surface area is 214 Å². The number of benzene rings is 5. The molecule has 172 valence electrons. The van der Waals surface area contributed by atoms with Gasteiger partial charge in [0, 0.05) is 54.4 Å². The fraction of sp³-hybridized carbons (Fsp3) is 0.118. The summed E-state index contributed by atoms with van der Waals surface area (Å²) in [6.45, 7) is 4.77. The molecular weight excluding hydrogens is 454 g/mol. The second-order valence-corrected chi connectivity index (χ2v) is 11.7. The van der Waals surface area contributed by atoms with Crippen LogP contribution >= 0.6 is 11.3 Å². The van der Waals surface area contributed by atoms with Crippen LogP contribution in [0.25, 0.3) is 64.2 Å². The Kier molecular flexibility index (Phi) is 3.88. The molecule has 0 aliphatic heterocycles. The number of hydrogen-bond donors (Lipinski definition) is 0. The van der Waals surface area contributed by atoms with Crippen LogP contribution in [0.1, 0.15) is 25.0 Å². The van der Waals surface area contributed by atoms with Gasteiger partial charge >= 0.3 is 0 Å². The third-order valence-electron chi connectivity index (χ3n) is 8.42. The predicted octanol–water partition coefficient (Wildman–Crippen LogP) is 9.67. The summed E-state index contributed by atoms with van der Waals surface area (Å²) in [5.41, 5.74) is 10.8. The number of para-hydroxylation sites is 1. The average molecular weight is 480 g/mol. The zero-order chi connectivity index (χ0) is 24.2. The highest BCUT2D eigenvalue weighted by molar-refractivity contribution is 7.26. The van der Waals surface area contributed by atoms with Crippen LogP contribution in [0.5, 0.6) is 0 Å². The molecule has 5 aromatic carbocycles. The molecule has 7 aromatic rings. The molecule has 2 heteroatoms. The van der Waals surface area contributed by atoms with Crippen LogP contribution in [-0.2, 0) is 12.5 Å². The molecule has 2 heterocycles. The van der Waals surface area contributed by atoms with Crippen molar-refractivity contribution < 1.29 is 0 Å². The van der Waals surface area contributed by atoms with E-state index in [9.17, 15) is 0 Å². The van der Waals surface area contributed by atoms with Crippen molar-refractivity contribution in [2.45, 2.75) is 19.3 Å². The van der Waals surface area contributed by atoms with Crippen LogP contribution in [0.4, 0.5) is 0 Å². The molecule has 0 bridgehead atoms. The predicted molar refractivity (Wildman–Crippen MR) is 156 cm³/mol. The summed E-state index contributed by atoms with van der Waals surface area (Å²) in [5.74, 6) is 0. The summed E-state index contributed by atoms with van der Waals surface area (Å²) in [4.78, 5) is 0. The molecule has 0 fully saturated rings. The second-order valence-electron chi connectivity index (χ2n) is 10.7. The number of thiophene rings is 1. The van der Waals surface area contributed by atoms with Crippen molar-refractivity contribution in [1.29, 1.82) is 0 Å². The van der Waals surface area contributed by atoms with Gasteiger partial charge in [-0.3, -0.25) is 0 Å². The van der Waals surface area contributed by atoms with E-state index in [0.717, 1.165) is 0 Å².